The van der Waals surface area contributed by atoms with Gasteiger partial charge in [-0.1, -0.05) is 35.2 Å². The first-order valence-electron chi connectivity index (χ1n) is 3.13. The van der Waals surface area contributed by atoms with Crippen molar-refractivity contribution in [3.8, 4) is 0 Å². The SMILES string of the molecule is C=CCOC(=O)CCCI. The molecule has 0 aromatic rings. The van der Waals surface area contributed by atoms with Crippen LogP contribution in [0, 0.1) is 0 Å². The van der Waals surface area contributed by atoms with E-state index in [1.165, 1.54) is 0 Å². The van der Waals surface area contributed by atoms with Crippen molar-refractivity contribution < 1.29 is 9.53 Å². The fourth-order valence-electron chi connectivity index (χ4n) is 0.435. The molecule has 0 saturated carbocycles. The maximum atomic E-state index is 10.7. The predicted molar refractivity (Wildman–Crippen MR) is 49.3 cm³/mol. The molecular weight excluding hydrogens is 243 g/mol. The van der Waals surface area contributed by atoms with Crippen LogP contribution in [-0.4, -0.2) is 17.0 Å². The van der Waals surface area contributed by atoms with E-state index in [4.69, 9.17) is 4.74 Å². The average molecular weight is 254 g/mol. The zero-order valence-corrected chi connectivity index (χ0v) is 7.96. The lowest BCUT2D eigenvalue weighted by atomic mass is 10.3. The highest BCUT2D eigenvalue weighted by atomic mass is 127. The molecule has 0 aromatic carbocycles. The van der Waals surface area contributed by atoms with Crippen LogP contribution >= 0.6 is 22.6 Å². The molecule has 0 unspecified atom stereocenters. The fourth-order valence-corrected chi connectivity index (χ4v) is 0.817. The lowest BCUT2D eigenvalue weighted by Gasteiger charge is -1.98. The molecular formula is C7H11IO2. The topological polar surface area (TPSA) is 26.3 Å². The van der Waals surface area contributed by atoms with Gasteiger partial charge in [-0.3, -0.25) is 4.79 Å². The Labute approximate surface area is 74.8 Å². The molecule has 0 rings (SSSR count). The van der Waals surface area contributed by atoms with E-state index in [1.54, 1.807) is 6.08 Å². The maximum absolute atomic E-state index is 10.7. The minimum absolute atomic E-state index is 0.128. The molecule has 0 bridgehead atoms. The third kappa shape index (κ3) is 6.07. The van der Waals surface area contributed by atoms with Crippen molar-refractivity contribution in [1.82, 2.24) is 0 Å². The van der Waals surface area contributed by atoms with Gasteiger partial charge in [0.1, 0.15) is 6.61 Å². The molecule has 0 saturated heterocycles. The van der Waals surface area contributed by atoms with Crippen LogP contribution < -0.4 is 0 Å². The molecule has 10 heavy (non-hydrogen) atoms. The van der Waals surface area contributed by atoms with Crippen LogP contribution in [-0.2, 0) is 9.53 Å². The van der Waals surface area contributed by atoms with Gasteiger partial charge in [0.15, 0.2) is 0 Å². The van der Waals surface area contributed by atoms with E-state index < -0.39 is 0 Å². The monoisotopic (exact) mass is 254 g/mol. The average Bonchev–Trinajstić information content (AvgIpc) is 1.97. The quantitative estimate of drug-likeness (QED) is 0.324. The van der Waals surface area contributed by atoms with Crippen LogP contribution in [0.2, 0.25) is 0 Å². The van der Waals surface area contributed by atoms with Gasteiger partial charge in [-0.2, -0.15) is 0 Å². The Bertz CT molecular complexity index is 112. The normalized spacial score (nSPS) is 8.90. The lowest BCUT2D eigenvalue weighted by molar-refractivity contribution is -0.142. The van der Waals surface area contributed by atoms with Crippen molar-refractivity contribution in [3.63, 3.8) is 0 Å². The van der Waals surface area contributed by atoms with Crippen molar-refractivity contribution in [3.05, 3.63) is 12.7 Å². The largest absolute Gasteiger partial charge is 0.461 e. The van der Waals surface area contributed by atoms with Crippen LogP contribution in [0.3, 0.4) is 0 Å². The molecule has 3 heteroatoms. The third-order valence-corrected chi connectivity index (χ3v) is 1.64. The molecule has 0 aliphatic carbocycles. The molecule has 0 amide bonds. The van der Waals surface area contributed by atoms with Gasteiger partial charge >= 0.3 is 5.97 Å². The summed E-state index contributed by atoms with van der Waals surface area (Å²) in [5.74, 6) is -0.128. The molecule has 0 aliphatic rings. The Morgan fingerprint density at radius 1 is 1.70 bits per heavy atom. The summed E-state index contributed by atoms with van der Waals surface area (Å²) in [4.78, 5) is 10.7. The Kier molecular flexibility index (Phi) is 7.01. The van der Waals surface area contributed by atoms with E-state index in [0.29, 0.717) is 13.0 Å². The second kappa shape index (κ2) is 7.05. The Morgan fingerprint density at radius 3 is 2.90 bits per heavy atom. The van der Waals surface area contributed by atoms with Gasteiger partial charge in [-0.25, -0.2) is 0 Å². The molecule has 0 radical (unpaired) electrons. The molecule has 2 nitrogen and oxygen atoms in total. The lowest BCUT2D eigenvalue weighted by Crippen LogP contribution is -2.03. The van der Waals surface area contributed by atoms with Crippen molar-refractivity contribution in [1.29, 1.82) is 0 Å². The summed E-state index contributed by atoms with van der Waals surface area (Å²) in [6, 6.07) is 0. The van der Waals surface area contributed by atoms with Gasteiger partial charge in [-0.05, 0) is 6.42 Å². The van der Waals surface area contributed by atoms with E-state index in [0.717, 1.165) is 10.8 Å². The maximum Gasteiger partial charge on any atom is 0.306 e. The second-order valence-electron chi connectivity index (χ2n) is 1.76. The summed E-state index contributed by atoms with van der Waals surface area (Å²) in [5.41, 5.74) is 0. The molecule has 0 N–H and O–H groups in total. The smallest absolute Gasteiger partial charge is 0.306 e. The van der Waals surface area contributed by atoms with Crippen LogP contribution in [0.4, 0.5) is 0 Å². The van der Waals surface area contributed by atoms with Gasteiger partial charge in [0.2, 0.25) is 0 Å². The highest BCUT2D eigenvalue weighted by Crippen LogP contribution is 1.96. The summed E-state index contributed by atoms with van der Waals surface area (Å²) in [6.07, 6.45) is 3.00. The van der Waals surface area contributed by atoms with Crippen LogP contribution in [0.25, 0.3) is 0 Å². The molecule has 0 aromatic heterocycles. The van der Waals surface area contributed by atoms with E-state index in [9.17, 15) is 4.79 Å². The van der Waals surface area contributed by atoms with E-state index in [-0.39, 0.29) is 5.97 Å². The molecule has 0 spiro atoms. The van der Waals surface area contributed by atoms with Gasteiger partial charge in [0.05, 0.1) is 0 Å². The van der Waals surface area contributed by atoms with Gasteiger partial charge in [0, 0.05) is 10.8 Å². The second-order valence-corrected chi connectivity index (χ2v) is 2.84. The first-order valence-corrected chi connectivity index (χ1v) is 4.66. The molecule has 0 aliphatic heterocycles. The number of carbonyl (C=O) groups is 1. The summed E-state index contributed by atoms with van der Waals surface area (Å²) < 4.78 is 5.73. The number of ether oxygens (including phenoxy) is 1. The zero-order valence-electron chi connectivity index (χ0n) is 5.81. The van der Waals surface area contributed by atoms with Crippen LogP contribution in [0.1, 0.15) is 12.8 Å². The number of alkyl halides is 1. The van der Waals surface area contributed by atoms with E-state index in [2.05, 4.69) is 29.2 Å². The molecule has 0 atom stereocenters. The van der Waals surface area contributed by atoms with Crippen LogP contribution in [0.5, 0.6) is 0 Å². The standard InChI is InChI=1S/C7H11IO2/c1-2-6-10-7(9)4-3-5-8/h2H,1,3-6H2. The number of esters is 1. The summed E-state index contributed by atoms with van der Waals surface area (Å²) in [7, 11) is 0. The first kappa shape index (κ1) is 9.94. The van der Waals surface area contributed by atoms with Gasteiger partial charge in [-0.15, -0.1) is 0 Å². The summed E-state index contributed by atoms with van der Waals surface area (Å²) in [5, 5.41) is 0. The Hall–Kier alpha value is -0.0600. The minimum atomic E-state index is -0.128. The third-order valence-electron chi connectivity index (χ3n) is 0.877. The predicted octanol–water partition coefficient (Wildman–Crippen LogP) is 1.93. The van der Waals surface area contributed by atoms with Crippen LogP contribution in [0.15, 0.2) is 12.7 Å². The van der Waals surface area contributed by atoms with Gasteiger partial charge < -0.3 is 4.74 Å². The highest BCUT2D eigenvalue weighted by Gasteiger charge is 1.98. The fraction of sp³-hybridized carbons (Fsp3) is 0.571. The number of rotatable bonds is 5. The van der Waals surface area contributed by atoms with Crippen molar-refractivity contribution in [2.75, 3.05) is 11.0 Å². The zero-order chi connectivity index (χ0) is 7.82. The van der Waals surface area contributed by atoms with Crippen molar-refractivity contribution >= 4 is 28.6 Å². The number of halogens is 1. The first-order chi connectivity index (χ1) is 4.81. The summed E-state index contributed by atoms with van der Waals surface area (Å²) in [6.45, 7) is 3.77. The number of hydrogen-bond acceptors (Lipinski definition) is 2. The van der Waals surface area contributed by atoms with Crippen molar-refractivity contribution in [2.45, 2.75) is 12.8 Å². The molecule has 0 fully saturated rings. The number of hydrogen-bond donors (Lipinski definition) is 0. The van der Waals surface area contributed by atoms with Gasteiger partial charge in [0.25, 0.3) is 0 Å². The Balaban J connectivity index is 3.16. The highest BCUT2D eigenvalue weighted by molar-refractivity contribution is 14.1. The van der Waals surface area contributed by atoms with E-state index >= 15 is 0 Å². The number of carbonyl (C=O) groups excluding carboxylic acids is 1. The van der Waals surface area contributed by atoms with E-state index in [1.807, 2.05) is 0 Å². The molecule has 0 heterocycles. The Morgan fingerprint density at radius 2 is 2.40 bits per heavy atom. The minimum Gasteiger partial charge on any atom is -0.461 e. The molecule has 58 valence electrons. The van der Waals surface area contributed by atoms with Crippen molar-refractivity contribution in [2.24, 2.45) is 0 Å². The summed E-state index contributed by atoms with van der Waals surface area (Å²) >= 11 is 2.23.